The van der Waals surface area contributed by atoms with Crippen LogP contribution in [0.5, 0.6) is 0 Å². The molecule has 0 spiro atoms. The molecule has 0 saturated carbocycles. The molecule has 0 saturated heterocycles. The monoisotopic (exact) mass is 407 g/mol. The number of tetrazole rings is 1. The van der Waals surface area contributed by atoms with E-state index in [-0.39, 0.29) is 17.4 Å². The summed E-state index contributed by atoms with van der Waals surface area (Å²) < 4.78 is 17.0. The quantitative estimate of drug-likeness (QED) is 0.354. The van der Waals surface area contributed by atoms with Gasteiger partial charge in [0.15, 0.2) is 5.78 Å². The number of thioether (sulfide) groups is 1. The predicted octanol–water partition coefficient (Wildman–Crippen LogP) is 4.18. The Labute approximate surface area is 171 Å². The normalized spacial score (nSPS) is 11.0. The summed E-state index contributed by atoms with van der Waals surface area (Å²) in [6.07, 6.45) is 0. The van der Waals surface area contributed by atoms with E-state index in [0.29, 0.717) is 16.4 Å². The van der Waals surface area contributed by atoms with Crippen LogP contribution < -0.4 is 0 Å². The Morgan fingerprint density at radius 1 is 1.03 bits per heavy atom. The molecule has 2 aromatic carbocycles. The molecule has 2 heterocycles. The van der Waals surface area contributed by atoms with Crippen molar-refractivity contribution in [3.8, 4) is 11.4 Å². The average Bonchev–Trinajstić information content (AvgIpc) is 3.31. The Kier molecular flexibility index (Phi) is 5.26. The molecule has 6 nitrogen and oxygen atoms in total. The summed E-state index contributed by atoms with van der Waals surface area (Å²) in [6, 6.07) is 17.8. The standard InChI is InChI=1S/C21H18FN5OS/c1-14-11-19(15(2)26(14)17-8-4-3-5-9-17)20(28)13-29-21-23-24-25-27(21)18-10-6-7-16(22)12-18/h3-12H,13H2,1-2H3. The Morgan fingerprint density at radius 3 is 2.55 bits per heavy atom. The first-order valence-corrected chi connectivity index (χ1v) is 9.98. The molecule has 0 fully saturated rings. The molecule has 0 amide bonds. The number of hydrogen-bond donors (Lipinski definition) is 0. The fraction of sp³-hybridized carbons (Fsp3) is 0.143. The lowest BCUT2D eigenvalue weighted by Gasteiger charge is -2.09. The number of halogens is 1. The highest BCUT2D eigenvalue weighted by atomic mass is 32.2. The van der Waals surface area contributed by atoms with E-state index in [1.165, 1.54) is 28.6 Å². The zero-order chi connectivity index (χ0) is 20.4. The average molecular weight is 407 g/mol. The van der Waals surface area contributed by atoms with Crippen LogP contribution in [0.2, 0.25) is 0 Å². The predicted molar refractivity (Wildman–Crippen MR) is 109 cm³/mol. The lowest BCUT2D eigenvalue weighted by atomic mass is 10.2. The van der Waals surface area contributed by atoms with Gasteiger partial charge in [0, 0.05) is 22.6 Å². The fourth-order valence-electron chi connectivity index (χ4n) is 3.27. The third kappa shape index (κ3) is 3.84. The molecular formula is C21H18FN5OS. The molecule has 8 heteroatoms. The minimum absolute atomic E-state index is 0.0147. The van der Waals surface area contributed by atoms with Crippen molar-refractivity contribution < 1.29 is 9.18 Å². The van der Waals surface area contributed by atoms with Gasteiger partial charge in [-0.1, -0.05) is 36.0 Å². The minimum atomic E-state index is -0.377. The summed E-state index contributed by atoms with van der Waals surface area (Å²) >= 11 is 1.22. The van der Waals surface area contributed by atoms with Crippen LogP contribution in [0.4, 0.5) is 4.39 Å². The van der Waals surface area contributed by atoms with Crippen molar-refractivity contribution in [1.82, 2.24) is 24.8 Å². The number of rotatable bonds is 6. The van der Waals surface area contributed by atoms with Gasteiger partial charge in [-0.3, -0.25) is 4.79 Å². The summed E-state index contributed by atoms with van der Waals surface area (Å²) in [4.78, 5) is 12.9. The molecule has 29 heavy (non-hydrogen) atoms. The van der Waals surface area contributed by atoms with E-state index >= 15 is 0 Å². The molecule has 0 aliphatic rings. The van der Waals surface area contributed by atoms with Crippen molar-refractivity contribution in [1.29, 1.82) is 0 Å². The number of Topliss-reactive ketones (excluding diaryl/α,β-unsaturated/α-hetero) is 1. The van der Waals surface area contributed by atoms with E-state index in [2.05, 4.69) is 20.1 Å². The van der Waals surface area contributed by atoms with Crippen molar-refractivity contribution in [2.45, 2.75) is 19.0 Å². The SMILES string of the molecule is Cc1cc(C(=O)CSc2nnnn2-c2cccc(F)c2)c(C)n1-c1ccccc1. The van der Waals surface area contributed by atoms with Gasteiger partial charge in [-0.15, -0.1) is 5.10 Å². The number of ketones is 1. The molecular weight excluding hydrogens is 389 g/mol. The highest BCUT2D eigenvalue weighted by Crippen LogP contribution is 2.24. The van der Waals surface area contributed by atoms with Gasteiger partial charge in [0.25, 0.3) is 0 Å². The number of para-hydroxylation sites is 1. The van der Waals surface area contributed by atoms with Crippen molar-refractivity contribution in [3.63, 3.8) is 0 Å². The van der Waals surface area contributed by atoms with Crippen LogP contribution in [0, 0.1) is 19.7 Å². The molecule has 0 radical (unpaired) electrons. The minimum Gasteiger partial charge on any atom is -0.318 e. The van der Waals surface area contributed by atoms with Gasteiger partial charge >= 0.3 is 0 Å². The van der Waals surface area contributed by atoms with Gasteiger partial charge in [-0.2, -0.15) is 4.68 Å². The summed E-state index contributed by atoms with van der Waals surface area (Å²) in [6.45, 7) is 3.92. The van der Waals surface area contributed by atoms with Crippen molar-refractivity contribution in [3.05, 3.63) is 83.4 Å². The van der Waals surface area contributed by atoms with Crippen LogP contribution >= 0.6 is 11.8 Å². The van der Waals surface area contributed by atoms with E-state index in [4.69, 9.17) is 0 Å². The van der Waals surface area contributed by atoms with Gasteiger partial charge in [0.1, 0.15) is 5.82 Å². The largest absolute Gasteiger partial charge is 0.318 e. The maximum atomic E-state index is 13.5. The Balaban J connectivity index is 1.54. The second-order valence-electron chi connectivity index (χ2n) is 6.52. The molecule has 0 aliphatic carbocycles. The first-order chi connectivity index (χ1) is 14.0. The maximum Gasteiger partial charge on any atom is 0.214 e. The van der Waals surface area contributed by atoms with Gasteiger partial charge in [-0.05, 0) is 60.7 Å². The molecule has 4 aromatic rings. The van der Waals surface area contributed by atoms with Crippen LogP contribution in [0.1, 0.15) is 21.7 Å². The lowest BCUT2D eigenvalue weighted by Crippen LogP contribution is -2.07. The number of nitrogens with zero attached hydrogens (tertiary/aromatic N) is 5. The highest BCUT2D eigenvalue weighted by Gasteiger charge is 2.18. The van der Waals surface area contributed by atoms with Crippen LogP contribution in [0.3, 0.4) is 0 Å². The number of aryl methyl sites for hydroxylation is 1. The molecule has 0 bridgehead atoms. The lowest BCUT2D eigenvalue weighted by molar-refractivity contribution is 0.102. The van der Waals surface area contributed by atoms with E-state index in [9.17, 15) is 9.18 Å². The molecule has 0 N–H and O–H groups in total. The van der Waals surface area contributed by atoms with Crippen LogP contribution in [-0.2, 0) is 0 Å². The zero-order valence-corrected chi connectivity index (χ0v) is 16.7. The Hall–Kier alpha value is -3.26. The Morgan fingerprint density at radius 2 is 1.79 bits per heavy atom. The van der Waals surface area contributed by atoms with Crippen molar-refractivity contribution >= 4 is 17.5 Å². The van der Waals surface area contributed by atoms with Crippen molar-refractivity contribution in [2.24, 2.45) is 0 Å². The number of hydrogen-bond acceptors (Lipinski definition) is 5. The number of carbonyl (C=O) groups is 1. The third-order valence-corrected chi connectivity index (χ3v) is 5.49. The molecule has 146 valence electrons. The molecule has 0 aliphatic heterocycles. The van der Waals surface area contributed by atoms with E-state index in [0.717, 1.165) is 17.1 Å². The third-order valence-electron chi connectivity index (χ3n) is 4.57. The van der Waals surface area contributed by atoms with Gasteiger partial charge < -0.3 is 4.57 Å². The highest BCUT2D eigenvalue weighted by molar-refractivity contribution is 7.99. The van der Waals surface area contributed by atoms with Crippen LogP contribution in [0.25, 0.3) is 11.4 Å². The summed E-state index contributed by atoms with van der Waals surface area (Å²) in [7, 11) is 0. The molecule has 4 rings (SSSR count). The van der Waals surface area contributed by atoms with Gasteiger partial charge in [0.2, 0.25) is 5.16 Å². The Bertz CT molecular complexity index is 1170. The topological polar surface area (TPSA) is 65.6 Å². The fourth-order valence-corrected chi connectivity index (χ4v) is 4.04. The number of aromatic nitrogens is 5. The first kappa shape index (κ1) is 19.1. The summed E-state index contributed by atoms with van der Waals surface area (Å²) in [5, 5.41) is 12.0. The number of benzene rings is 2. The van der Waals surface area contributed by atoms with Crippen molar-refractivity contribution in [2.75, 3.05) is 5.75 Å². The van der Waals surface area contributed by atoms with Crippen LogP contribution in [0.15, 0.2) is 65.8 Å². The second kappa shape index (κ2) is 8.00. The summed E-state index contributed by atoms with van der Waals surface area (Å²) in [5.41, 5.74) is 4.08. The van der Waals surface area contributed by atoms with E-state index in [1.807, 2.05) is 50.2 Å². The smallest absolute Gasteiger partial charge is 0.214 e. The molecule has 0 atom stereocenters. The van der Waals surface area contributed by atoms with Gasteiger partial charge in [-0.25, -0.2) is 4.39 Å². The van der Waals surface area contributed by atoms with Crippen LogP contribution in [-0.4, -0.2) is 36.3 Å². The maximum absolute atomic E-state index is 13.5. The zero-order valence-electron chi connectivity index (χ0n) is 15.9. The first-order valence-electron chi connectivity index (χ1n) is 8.99. The van der Waals surface area contributed by atoms with Gasteiger partial charge in [0.05, 0.1) is 11.4 Å². The second-order valence-corrected chi connectivity index (χ2v) is 7.46. The molecule has 2 aromatic heterocycles. The number of carbonyl (C=O) groups excluding carboxylic acids is 1. The van der Waals surface area contributed by atoms with E-state index < -0.39 is 0 Å². The summed E-state index contributed by atoms with van der Waals surface area (Å²) in [5.74, 6) is -0.216. The van der Waals surface area contributed by atoms with E-state index in [1.54, 1.807) is 12.1 Å². The molecule has 0 unspecified atom stereocenters.